The molecule has 168 valence electrons. The van der Waals surface area contributed by atoms with Gasteiger partial charge in [0.1, 0.15) is 16.5 Å². The predicted molar refractivity (Wildman–Crippen MR) is 126 cm³/mol. The van der Waals surface area contributed by atoms with Crippen LogP contribution < -0.4 is 19.7 Å². The summed E-state index contributed by atoms with van der Waals surface area (Å²) in [6.07, 6.45) is 3.57. The van der Waals surface area contributed by atoms with Gasteiger partial charge in [-0.05, 0) is 62.6 Å². The highest BCUT2D eigenvalue weighted by atomic mass is 32.2. The molecule has 0 spiro atoms. The van der Waals surface area contributed by atoms with Crippen molar-refractivity contribution in [2.24, 2.45) is 0 Å². The molecule has 1 saturated heterocycles. The zero-order chi connectivity index (χ0) is 22.6. The number of hydrogen-bond acceptors (Lipinski definition) is 7. The summed E-state index contributed by atoms with van der Waals surface area (Å²) in [5, 5.41) is 3.29. The molecule has 32 heavy (non-hydrogen) atoms. The Kier molecular flexibility index (Phi) is 6.45. The number of aryl methyl sites for hydroxylation is 1. The molecule has 2 aromatic carbocycles. The molecule has 0 unspecified atom stereocenters. The van der Waals surface area contributed by atoms with E-state index in [0.717, 1.165) is 43.3 Å². The molecule has 0 radical (unpaired) electrons. The van der Waals surface area contributed by atoms with E-state index in [4.69, 9.17) is 4.74 Å². The Morgan fingerprint density at radius 1 is 0.938 bits per heavy atom. The van der Waals surface area contributed by atoms with Gasteiger partial charge in [-0.2, -0.15) is 4.98 Å². The minimum Gasteiger partial charge on any atom is -0.495 e. The fraction of sp³-hybridized carbons (Fsp3) is 0.304. The first kappa shape index (κ1) is 21.9. The van der Waals surface area contributed by atoms with Gasteiger partial charge in [-0.3, -0.25) is 4.72 Å². The van der Waals surface area contributed by atoms with Gasteiger partial charge >= 0.3 is 0 Å². The van der Waals surface area contributed by atoms with Crippen LogP contribution in [0, 0.1) is 6.92 Å². The third kappa shape index (κ3) is 5.11. The molecule has 3 aromatic rings. The largest absolute Gasteiger partial charge is 0.495 e. The summed E-state index contributed by atoms with van der Waals surface area (Å²) in [6.45, 7) is 3.91. The molecule has 1 aliphatic rings. The van der Waals surface area contributed by atoms with E-state index in [-0.39, 0.29) is 4.90 Å². The fourth-order valence-electron chi connectivity index (χ4n) is 3.67. The molecular weight excluding hydrogens is 426 g/mol. The van der Waals surface area contributed by atoms with E-state index in [2.05, 4.69) is 24.9 Å². The number of sulfonamides is 1. The van der Waals surface area contributed by atoms with E-state index in [9.17, 15) is 8.42 Å². The van der Waals surface area contributed by atoms with Crippen LogP contribution in [0.2, 0.25) is 0 Å². The number of piperidine rings is 1. The van der Waals surface area contributed by atoms with Gasteiger partial charge in [0, 0.05) is 36.2 Å². The Balaban J connectivity index is 1.48. The average Bonchev–Trinajstić information content (AvgIpc) is 2.80. The van der Waals surface area contributed by atoms with Crippen molar-refractivity contribution in [3.63, 3.8) is 0 Å². The quantitative estimate of drug-likeness (QED) is 0.550. The summed E-state index contributed by atoms with van der Waals surface area (Å²) in [4.78, 5) is 11.6. The smallest absolute Gasteiger partial charge is 0.265 e. The first-order valence-corrected chi connectivity index (χ1v) is 12.1. The van der Waals surface area contributed by atoms with E-state index in [1.165, 1.54) is 19.6 Å². The topological polar surface area (TPSA) is 96.5 Å². The molecule has 2 heterocycles. The van der Waals surface area contributed by atoms with Crippen molar-refractivity contribution in [1.29, 1.82) is 0 Å². The molecule has 0 bridgehead atoms. The lowest BCUT2D eigenvalue weighted by Crippen LogP contribution is -2.31. The van der Waals surface area contributed by atoms with Crippen molar-refractivity contribution >= 4 is 33.2 Å². The monoisotopic (exact) mass is 453 g/mol. The number of anilines is 4. The maximum Gasteiger partial charge on any atom is 0.265 e. The molecule has 0 amide bonds. The maximum absolute atomic E-state index is 12.8. The second kappa shape index (κ2) is 9.44. The molecule has 0 atom stereocenters. The lowest BCUT2D eigenvalue weighted by Gasteiger charge is -2.27. The van der Waals surface area contributed by atoms with Crippen molar-refractivity contribution in [3.8, 4) is 5.75 Å². The van der Waals surface area contributed by atoms with Gasteiger partial charge in [-0.1, -0.05) is 12.1 Å². The first-order chi connectivity index (χ1) is 15.4. The minimum atomic E-state index is -3.77. The average molecular weight is 454 g/mol. The van der Waals surface area contributed by atoms with Gasteiger partial charge < -0.3 is 15.0 Å². The van der Waals surface area contributed by atoms with Crippen molar-refractivity contribution in [3.05, 3.63) is 60.3 Å². The first-order valence-electron chi connectivity index (χ1n) is 10.6. The molecule has 1 aromatic heterocycles. The fourth-order valence-corrected chi connectivity index (χ4v) is 4.90. The van der Waals surface area contributed by atoms with E-state index >= 15 is 0 Å². The summed E-state index contributed by atoms with van der Waals surface area (Å²) in [5.41, 5.74) is 2.14. The Hall–Kier alpha value is -3.33. The summed E-state index contributed by atoms with van der Waals surface area (Å²) < 4.78 is 33.3. The van der Waals surface area contributed by atoms with E-state index in [0.29, 0.717) is 17.3 Å². The lowest BCUT2D eigenvalue weighted by molar-refractivity contribution is 0.403. The van der Waals surface area contributed by atoms with Crippen LogP contribution in [0.1, 0.15) is 25.0 Å². The number of aromatic nitrogens is 2. The Morgan fingerprint density at radius 2 is 1.62 bits per heavy atom. The maximum atomic E-state index is 12.8. The van der Waals surface area contributed by atoms with Crippen LogP contribution in [0.15, 0.2) is 59.5 Å². The number of nitrogens with one attached hydrogen (secondary N) is 2. The van der Waals surface area contributed by atoms with Crippen LogP contribution in [0.25, 0.3) is 0 Å². The van der Waals surface area contributed by atoms with Gasteiger partial charge in [0.05, 0.1) is 7.11 Å². The standard InChI is InChI=1S/C23H27N5O3S/c1-17-16-22(26-23(24-17)28-14-6-3-7-15-28)25-18-10-12-19(13-11-18)27-32(29,30)21-9-5-4-8-20(21)31-2/h4-5,8-13,16,27H,3,6-7,14-15H2,1-2H3,(H,24,25,26). The number of methoxy groups -OCH3 is 1. The summed E-state index contributed by atoms with van der Waals surface area (Å²) >= 11 is 0. The van der Waals surface area contributed by atoms with Gasteiger partial charge in [-0.25, -0.2) is 13.4 Å². The van der Waals surface area contributed by atoms with Crippen molar-refractivity contribution in [2.45, 2.75) is 31.1 Å². The normalized spacial score (nSPS) is 14.1. The Morgan fingerprint density at radius 3 is 2.34 bits per heavy atom. The van der Waals surface area contributed by atoms with Crippen molar-refractivity contribution in [2.75, 3.05) is 35.1 Å². The number of rotatable bonds is 7. The van der Waals surface area contributed by atoms with E-state index in [1.54, 1.807) is 42.5 Å². The molecule has 1 fully saturated rings. The van der Waals surface area contributed by atoms with Crippen LogP contribution in [0.4, 0.5) is 23.1 Å². The third-order valence-corrected chi connectivity index (χ3v) is 6.67. The Bertz CT molecular complexity index is 1180. The molecule has 9 heteroatoms. The molecular formula is C23H27N5O3S. The van der Waals surface area contributed by atoms with Gasteiger partial charge in [0.15, 0.2) is 0 Å². The summed E-state index contributed by atoms with van der Waals surface area (Å²) in [5.74, 6) is 1.75. The molecule has 0 aliphatic carbocycles. The summed E-state index contributed by atoms with van der Waals surface area (Å²) in [6, 6.07) is 15.4. The zero-order valence-electron chi connectivity index (χ0n) is 18.2. The second-order valence-electron chi connectivity index (χ2n) is 7.70. The highest BCUT2D eigenvalue weighted by molar-refractivity contribution is 7.92. The van der Waals surface area contributed by atoms with Crippen LogP contribution in [0.3, 0.4) is 0 Å². The Labute approximate surface area is 188 Å². The number of nitrogens with zero attached hydrogens (tertiary/aromatic N) is 3. The zero-order valence-corrected chi connectivity index (χ0v) is 19.0. The molecule has 8 nitrogen and oxygen atoms in total. The van der Waals surface area contributed by atoms with E-state index in [1.807, 2.05) is 13.0 Å². The highest BCUT2D eigenvalue weighted by Gasteiger charge is 2.19. The van der Waals surface area contributed by atoms with Gasteiger partial charge in [0.25, 0.3) is 10.0 Å². The minimum absolute atomic E-state index is 0.0893. The molecule has 4 rings (SSSR count). The number of para-hydroxylation sites is 1. The highest BCUT2D eigenvalue weighted by Crippen LogP contribution is 2.26. The molecule has 1 aliphatic heterocycles. The second-order valence-corrected chi connectivity index (χ2v) is 9.35. The number of ether oxygens (including phenoxy) is 1. The molecule has 2 N–H and O–H groups in total. The van der Waals surface area contributed by atoms with Crippen LogP contribution in [-0.4, -0.2) is 38.6 Å². The predicted octanol–water partition coefficient (Wildman–Crippen LogP) is 4.33. The number of benzene rings is 2. The third-order valence-electron chi connectivity index (χ3n) is 5.25. The van der Waals surface area contributed by atoms with E-state index < -0.39 is 10.0 Å². The molecule has 0 saturated carbocycles. The van der Waals surface area contributed by atoms with Gasteiger partial charge in [0.2, 0.25) is 5.95 Å². The van der Waals surface area contributed by atoms with Crippen molar-refractivity contribution < 1.29 is 13.2 Å². The lowest BCUT2D eigenvalue weighted by atomic mass is 10.1. The van der Waals surface area contributed by atoms with Gasteiger partial charge in [-0.15, -0.1) is 0 Å². The number of hydrogen-bond donors (Lipinski definition) is 2. The summed E-state index contributed by atoms with van der Waals surface area (Å²) in [7, 11) is -2.33. The van der Waals surface area contributed by atoms with Crippen LogP contribution >= 0.6 is 0 Å². The van der Waals surface area contributed by atoms with Crippen molar-refractivity contribution in [1.82, 2.24) is 9.97 Å². The van der Waals surface area contributed by atoms with Crippen LogP contribution in [-0.2, 0) is 10.0 Å². The SMILES string of the molecule is COc1ccccc1S(=O)(=O)Nc1ccc(Nc2cc(C)nc(N3CCCCC3)n2)cc1. The van der Waals surface area contributed by atoms with Crippen LogP contribution in [0.5, 0.6) is 5.75 Å².